The molecule has 0 aromatic rings. The molecule has 3 fully saturated rings. The number of fused-ring (bicyclic) bond motifs is 1. The fourth-order valence-electron chi connectivity index (χ4n) is 3.93. The normalized spacial score (nSPS) is 35.9. The highest BCUT2D eigenvalue weighted by atomic mass is 35.5. The lowest BCUT2D eigenvalue weighted by Crippen LogP contribution is -2.43. The Bertz CT molecular complexity index is 291. The number of hydrogen-bond acceptors (Lipinski definition) is 1. The van der Waals surface area contributed by atoms with Crippen LogP contribution in [0, 0.1) is 17.8 Å². The number of halogens is 1. The molecular formula is C14H22ClNO. The van der Waals surface area contributed by atoms with Gasteiger partial charge in [-0.05, 0) is 43.9 Å². The van der Waals surface area contributed by atoms with Gasteiger partial charge in [0, 0.05) is 24.4 Å². The first kappa shape index (κ1) is 11.8. The highest BCUT2D eigenvalue weighted by Crippen LogP contribution is 2.54. The second kappa shape index (κ2) is 4.79. The zero-order valence-electron chi connectivity index (χ0n) is 10.4. The largest absolute Gasteiger partial charge is 0.338 e. The van der Waals surface area contributed by atoms with Gasteiger partial charge in [-0.15, -0.1) is 11.6 Å². The number of nitrogens with zero attached hydrogens (tertiary/aromatic N) is 1. The molecule has 0 aliphatic heterocycles. The number of carbonyl (C=O) groups is 1. The summed E-state index contributed by atoms with van der Waals surface area (Å²) in [7, 11) is 0. The maximum absolute atomic E-state index is 12.6. The summed E-state index contributed by atoms with van der Waals surface area (Å²) in [6, 6.07) is 0.498. The number of amides is 1. The Morgan fingerprint density at radius 1 is 1.12 bits per heavy atom. The van der Waals surface area contributed by atoms with E-state index < -0.39 is 0 Å². The molecule has 17 heavy (non-hydrogen) atoms. The molecule has 96 valence electrons. The van der Waals surface area contributed by atoms with Gasteiger partial charge < -0.3 is 4.90 Å². The molecule has 2 atom stereocenters. The van der Waals surface area contributed by atoms with Crippen molar-refractivity contribution in [2.45, 2.75) is 51.0 Å². The minimum atomic E-state index is 0.336. The van der Waals surface area contributed by atoms with Crippen molar-refractivity contribution in [3.63, 3.8) is 0 Å². The van der Waals surface area contributed by atoms with E-state index in [-0.39, 0.29) is 0 Å². The van der Waals surface area contributed by atoms with Crippen LogP contribution in [0.5, 0.6) is 0 Å². The molecule has 3 saturated carbocycles. The van der Waals surface area contributed by atoms with Crippen LogP contribution >= 0.6 is 11.6 Å². The van der Waals surface area contributed by atoms with Crippen molar-refractivity contribution in [3.05, 3.63) is 0 Å². The fraction of sp³-hybridized carbons (Fsp3) is 0.929. The Morgan fingerprint density at radius 3 is 2.35 bits per heavy atom. The van der Waals surface area contributed by atoms with Gasteiger partial charge in [0.1, 0.15) is 0 Å². The van der Waals surface area contributed by atoms with E-state index in [1.54, 1.807) is 0 Å². The van der Waals surface area contributed by atoms with Gasteiger partial charge in [-0.2, -0.15) is 0 Å². The van der Waals surface area contributed by atoms with Crippen LogP contribution < -0.4 is 0 Å². The molecule has 2 unspecified atom stereocenters. The summed E-state index contributed by atoms with van der Waals surface area (Å²) in [5.41, 5.74) is 0. The molecule has 0 aromatic carbocycles. The van der Waals surface area contributed by atoms with Crippen molar-refractivity contribution in [2.24, 2.45) is 17.8 Å². The summed E-state index contributed by atoms with van der Waals surface area (Å²) >= 11 is 5.87. The molecule has 2 nitrogen and oxygen atoms in total. The zero-order valence-corrected chi connectivity index (χ0v) is 11.2. The van der Waals surface area contributed by atoms with Crippen LogP contribution in [0.4, 0.5) is 0 Å². The Balaban J connectivity index is 1.62. The molecule has 0 saturated heterocycles. The van der Waals surface area contributed by atoms with Crippen LogP contribution in [0.3, 0.4) is 0 Å². The average Bonchev–Trinajstić information content (AvgIpc) is 2.81. The summed E-state index contributed by atoms with van der Waals surface area (Å²) in [6.45, 7) is 0.761. The van der Waals surface area contributed by atoms with Gasteiger partial charge in [-0.25, -0.2) is 0 Å². The average molecular weight is 256 g/mol. The molecule has 1 amide bonds. The second-order valence-corrected chi connectivity index (χ2v) is 6.46. The molecule has 0 bridgehead atoms. The van der Waals surface area contributed by atoms with Crippen LogP contribution in [0.15, 0.2) is 0 Å². The van der Waals surface area contributed by atoms with E-state index in [1.807, 2.05) is 0 Å². The van der Waals surface area contributed by atoms with E-state index in [0.29, 0.717) is 23.7 Å². The summed E-state index contributed by atoms with van der Waals surface area (Å²) < 4.78 is 0. The smallest absolute Gasteiger partial charge is 0.225 e. The van der Waals surface area contributed by atoms with Gasteiger partial charge >= 0.3 is 0 Å². The minimum Gasteiger partial charge on any atom is -0.338 e. The summed E-state index contributed by atoms with van der Waals surface area (Å²) in [5, 5.41) is 0. The maximum atomic E-state index is 12.6. The Labute approximate surface area is 109 Å². The Morgan fingerprint density at radius 2 is 1.76 bits per heavy atom. The topological polar surface area (TPSA) is 20.3 Å². The first-order valence-electron chi connectivity index (χ1n) is 7.16. The molecule has 0 aromatic heterocycles. The van der Waals surface area contributed by atoms with Gasteiger partial charge in [0.15, 0.2) is 0 Å². The molecular weight excluding hydrogens is 234 g/mol. The van der Waals surface area contributed by atoms with Crippen molar-refractivity contribution in [3.8, 4) is 0 Å². The van der Waals surface area contributed by atoms with Crippen LogP contribution in [0.1, 0.15) is 44.9 Å². The van der Waals surface area contributed by atoms with E-state index in [9.17, 15) is 4.79 Å². The highest BCUT2D eigenvalue weighted by Gasteiger charge is 2.49. The van der Waals surface area contributed by atoms with Crippen LogP contribution in [0.2, 0.25) is 0 Å². The third kappa shape index (κ3) is 2.33. The van der Waals surface area contributed by atoms with Gasteiger partial charge in [-0.3, -0.25) is 4.79 Å². The number of hydrogen-bond donors (Lipinski definition) is 0. The Kier molecular flexibility index (Phi) is 3.34. The van der Waals surface area contributed by atoms with Crippen molar-refractivity contribution >= 4 is 17.5 Å². The third-order valence-electron chi connectivity index (χ3n) is 4.97. The van der Waals surface area contributed by atoms with Gasteiger partial charge in [0.05, 0.1) is 0 Å². The predicted octanol–water partition coefficient (Wildman–Crippen LogP) is 3.04. The lowest BCUT2D eigenvalue weighted by Gasteiger charge is -2.31. The van der Waals surface area contributed by atoms with Crippen molar-refractivity contribution in [1.29, 1.82) is 0 Å². The monoisotopic (exact) mass is 255 g/mol. The first-order valence-corrected chi connectivity index (χ1v) is 7.69. The number of carbonyl (C=O) groups excluding carboxylic acids is 1. The van der Waals surface area contributed by atoms with Crippen molar-refractivity contribution in [1.82, 2.24) is 4.90 Å². The van der Waals surface area contributed by atoms with Gasteiger partial charge in [-0.1, -0.05) is 12.8 Å². The van der Waals surface area contributed by atoms with Gasteiger partial charge in [0.25, 0.3) is 0 Å². The third-order valence-corrected chi connectivity index (χ3v) is 5.14. The van der Waals surface area contributed by atoms with Crippen LogP contribution in [-0.2, 0) is 4.79 Å². The molecule has 0 N–H and O–H groups in total. The molecule has 3 aliphatic rings. The van der Waals surface area contributed by atoms with E-state index >= 15 is 0 Å². The standard InChI is InChI=1S/C14H22ClNO/c15-5-6-16(13-3-1-2-4-13)14(17)12-8-10-7-11(10)9-12/h10-13H,1-9H2. The summed E-state index contributed by atoms with van der Waals surface area (Å²) in [5.74, 6) is 3.13. The highest BCUT2D eigenvalue weighted by molar-refractivity contribution is 6.18. The number of alkyl halides is 1. The molecule has 3 heteroatoms. The van der Waals surface area contributed by atoms with Gasteiger partial charge in [0.2, 0.25) is 5.91 Å². The van der Waals surface area contributed by atoms with Crippen molar-refractivity contribution < 1.29 is 4.79 Å². The van der Waals surface area contributed by atoms with Crippen molar-refractivity contribution in [2.75, 3.05) is 12.4 Å². The lowest BCUT2D eigenvalue weighted by atomic mass is 10.0. The molecule has 0 radical (unpaired) electrons. The summed E-state index contributed by atoms with van der Waals surface area (Å²) in [4.78, 5) is 14.7. The first-order chi connectivity index (χ1) is 8.29. The van der Waals surface area contributed by atoms with E-state index in [1.165, 1.54) is 32.1 Å². The molecule has 0 spiro atoms. The zero-order chi connectivity index (χ0) is 11.8. The lowest BCUT2D eigenvalue weighted by molar-refractivity contribution is -0.137. The SMILES string of the molecule is O=C(C1CC2CC2C1)N(CCCl)C1CCCC1. The van der Waals surface area contributed by atoms with E-state index in [0.717, 1.165) is 31.2 Å². The Hall–Kier alpha value is -0.240. The molecule has 0 heterocycles. The van der Waals surface area contributed by atoms with E-state index in [4.69, 9.17) is 11.6 Å². The minimum absolute atomic E-state index is 0.336. The fourth-order valence-corrected chi connectivity index (χ4v) is 4.11. The maximum Gasteiger partial charge on any atom is 0.225 e. The van der Waals surface area contributed by atoms with Crippen LogP contribution in [-0.4, -0.2) is 29.3 Å². The second-order valence-electron chi connectivity index (χ2n) is 6.08. The molecule has 3 aliphatic carbocycles. The summed E-state index contributed by atoms with van der Waals surface area (Å²) in [6.07, 6.45) is 8.68. The number of rotatable bonds is 4. The van der Waals surface area contributed by atoms with Crippen LogP contribution in [0.25, 0.3) is 0 Å². The molecule has 3 rings (SSSR count). The quantitative estimate of drug-likeness (QED) is 0.707. The van der Waals surface area contributed by atoms with E-state index in [2.05, 4.69) is 4.90 Å². The predicted molar refractivity (Wildman–Crippen MR) is 69.0 cm³/mol.